The van der Waals surface area contributed by atoms with Crippen LogP contribution < -0.4 is 10.1 Å². The third-order valence-corrected chi connectivity index (χ3v) is 2.77. The second-order valence-electron chi connectivity index (χ2n) is 5.39. The van der Waals surface area contributed by atoms with Crippen LogP contribution in [0.1, 0.15) is 31.9 Å². The predicted molar refractivity (Wildman–Crippen MR) is 74.3 cm³/mol. The normalized spacial score (nSPS) is 11.2. The molecule has 100 valence electrons. The van der Waals surface area contributed by atoms with E-state index in [1.54, 1.807) is 13.2 Å². The highest BCUT2D eigenvalue weighted by Gasteiger charge is 2.15. The quantitative estimate of drug-likeness (QED) is 0.916. The summed E-state index contributed by atoms with van der Waals surface area (Å²) in [6, 6.07) is 3.64. The lowest BCUT2D eigenvalue weighted by molar-refractivity contribution is -0.121. The van der Waals surface area contributed by atoms with E-state index in [1.807, 2.05) is 33.8 Å². The van der Waals surface area contributed by atoms with Crippen molar-refractivity contribution in [3.63, 3.8) is 0 Å². The summed E-state index contributed by atoms with van der Waals surface area (Å²) in [5.74, 6) is 0.626. The number of aryl methyl sites for hydroxylation is 1. The van der Waals surface area contributed by atoms with Gasteiger partial charge >= 0.3 is 0 Å². The molecular weight excluding hydrogens is 250 g/mol. The van der Waals surface area contributed by atoms with E-state index < -0.39 is 0 Å². The average Bonchev–Trinajstić information content (AvgIpc) is 2.20. The predicted octanol–water partition coefficient (Wildman–Crippen LogP) is 3.11. The number of nitrogens with one attached hydrogen (secondary N) is 1. The van der Waals surface area contributed by atoms with Crippen molar-refractivity contribution in [3.05, 3.63) is 28.3 Å². The Bertz CT molecular complexity index is 450. The van der Waals surface area contributed by atoms with E-state index in [0.29, 0.717) is 17.2 Å². The summed E-state index contributed by atoms with van der Waals surface area (Å²) in [5, 5.41) is 3.46. The number of ether oxygens (including phenoxy) is 1. The first kappa shape index (κ1) is 14.8. The Kier molecular flexibility index (Phi) is 4.63. The summed E-state index contributed by atoms with van der Waals surface area (Å²) in [6.45, 7) is 7.81. The number of carbonyl (C=O) groups excluding carboxylic acids is 1. The fourth-order valence-corrected chi connectivity index (χ4v) is 1.94. The maximum absolute atomic E-state index is 11.9. The number of hydrogen-bond acceptors (Lipinski definition) is 2. The van der Waals surface area contributed by atoms with Crippen LogP contribution in [0.3, 0.4) is 0 Å². The molecule has 0 radical (unpaired) electrons. The van der Waals surface area contributed by atoms with Crippen molar-refractivity contribution in [2.24, 2.45) is 0 Å². The summed E-state index contributed by atoms with van der Waals surface area (Å²) in [7, 11) is 1.58. The van der Waals surface area contributed by atoms with Gasteiger partial charge in [-0.25, -0.2) is 0 Å². The zero-order valence-corrected chi connectivity index (χ0v) is 12.3. The maximum Gasteiger partial charge on any atom is 0.224 e. The second kappa shape index (κ2) is 5.61. The van der Waals surface area contributed by atoms with Crippen LogP contribution in [0.4, 0.5) is 0 Å². The van der Waals surface area contributed by atoms with Gasteiger partial charge < -0.3 is 10.1 Å². The third-order valence-electron chi connectivity index (χ3n) is 2.48. The molecule has 1 aromatic carbocycles. The van der Waals surface area contributed by atoms with Gasteiger partial charge in [0.15, 0.2) is 0 Å². The monoisotopic (exact) mass is 269 g/mol. The van der Waals surface area contributed by atoms with Gasteiger partial charge in [0, 0.05) is 5.54 Å². The molecule has 18 heavy (non-hydrogen) atoms. The number of benzene rings is 1. The number of rotatable bonds is 3. The molecule has 0 bridgehead atoms. The molecule has 0 aromatic heterocycles. The molecule has 0 aliphatic rings. The van der Waals surface area contributed by atoms with Gasteiger partial charge in [0.2, 0.25) is 5.91 Å². The lowest BCUT2D eigenvalue weighted by atomic mass is 10.0. The van der Waals surface area contributed by atoms with E-state index in [-0.39, 0.29) is 11.4 Å². The molecule has 1 rings (SSSR count). The van der Waals surface area contributed by atoms with Crippen molar-refractivity contribution in [1.82, 2.24) is 5.32 Å². The molecule has 0 aliphatic carbocycles. The van der Waals surface area contributed by atoms with E-state index in [4.69, 9.17) is 16.3 Å². The molecule has 0 spiro atoms. The fourth-order valence-electron chi connectivity index (χ4n) is 1.68. The van der Waals surface area contributed by atoms with Gasteiger partial charge in [-0.3, -0.25) is 4.79 Å². The van der Waals surface area contributed by atoms with Crippen LogP contribution >= 0.6 is 11.6 Å². The molecule has 0 saturated carbocycles. The molecular formula is C14H20ClNO2. The Morgan fingerprint density at radius 1 is 1.39 bits per heavy atom. The molecule has 1 amide bonds. The minimum absolute atomic E-state index is 0.00756. The second-order valence-corrected chi connectivity index (χ2v) is 5.80. The molecule has 3 nitrogen and oxygen atoms in total. The van der Waals surface area contributed by atoms with Gasteiger partial charge in [-0.05, 0) is 51.0 Å². The van der Waals surface area contributed by atoms with E-state index in [1.165, 1.54) is 0 Å². The molecule has 0 aliphatic heterocycles. The van der Waals surface area contributed by atoms with Crippen LogP contribution in [-0.2, 0) is 11.2 Å². The first-order valence-corrected chi connectivity index (χ1v) is 6.25. The number of methoxy groups -OCH3 is 1. The third kappa shape index (κ3) is 4.22. The van der Waals surface area contributed by atoms with E-state index in [2.05, 4.69) is 5.32 Å². The lowest BCUT2D eigenvalue weighted by Gasteiger charge is -2.21. The Labute approximate surface area is 113 Å². The van der Waals surface area contributed by atoms with Crippen molar-refractivity contribution < 1.29 is 9.53 Å². The van der Waals surface area contributed by atoms with Crippen LogP contribution in [0.25, 0.3) is 0 Å². The molecule has 0 fully saturated rings. The van der Waals surface area contributed by atoms with Gasteiger partial charge in [0.1, 0.15) is 5.75 Å². The van der Waals surface area contributed by atoms with Crippen molar-refractivity contribution >= 4 is 17.5 Å². The molecule has 1 aromatic rings. The van der Waals surface area contributed by atoms with Crippen LogP contribution in [0.5, 0.6) is 5.75 Å². The standard InChI is InChI=1S/C14H20ClNO2/c1-9-6-12(18-5)11(15)7-10(9)8-13(17)16-14(2,3)4/h6-7H,8H2,1-5H3,(H,16,17). The maximum atomic E-state index is 11.9. The Hall–Kier alpha value is -1.22. The highest BCUT2D eigenvalue weighted by Crippen LogP contribution is 2.28. The van der Waals surface area contributed by atoms with E-state index in [9.17, 15) is 4.79 Å². The van der Waals surface area contributed by atoms with Crippen LogP contribution in [-0.4, -0.2) is 18.6 Å². The molecule has 0 heterocycles. The van der Waals surface area contributed by atoms with Gasteiger partial charge in [0.05, 0.1) is 18.6 Å². The molecule has 1 N–H and O–H groups in total. The number of halogens is 1. The average molecular weight is 270 g/mol. The van der Waals surface area contributed by atoms with Gasteiger partial charge in [-0.15, -0.1) is 0 Å². The van der Waals surface area contributed by atoms with Crippen molar-refractivity contribution in [2.75, 3.05) is 7.11 Å². The minimum Gasteiger partial charge on any atom is -0.495 e. The highest BCUT2D eigenvalue weighted by atomic mass is 35.5. The summed E-state index contributed by atoms with van der Waals surface area (Å²) >= 11 is 6.06. The summed E-state index contributed by atoms with van der Waals surface area (Å²) in [5.41, 5.74) is 1.70. The van der Waals surface area contributed by atoms with Crippen molar-refractivity contribution in [3.8, 4) is 5.75 Å². The van der Waals surface area contributed by atoms with Crippen LogP contribution in [0.15, 0.2) is 12.1 Å². The molecule has 4 heteroatoms. The SMILES string of the molecule is COc1cc(C)c(CC(=O)NC(C)(C)C)cc1Cl. The number of amides is 1. The van der Waals surface area contributed by atoms with Gasteiger partial charge in [-0.2, -0.15) is 0 Å². The Balaban J connectivity index is 2.86. The molecule has 0 atom stereocenters. The van der Waals surface area contributed by atoms with Crippen molar-refractivity contribution in [1.29, 1.82) is 0 Å². The number of carbonyl (C=O) groups is 1. The van der Waals surface area contributed by atoms with E-state index in [0.717, 1.165) is 11.1 Å². The van der Waals surface area contributed by atoms with Crippen LogP contribution in [0, 0.1) is 6.92 Å². The van der Waals surface area contributed by atoms with Crippen molar-refractivity contribution in [2.45, 2.75) is 39.7 Å². The Morgan fingerprint density at radius 2 is 2.00 bits per heavy atom. The summed E-state index contributed by atoms with van der Waals surface area (Å²) in [4.78, 5) is 11.9. The minimum atomic E-state index is -0.221. The molecule has 0 unspecified atom stereocenters. The largest absolute Gasteiger partial charge is 0.495 e. The van der Waals surface area contributed by atoms with E-state index >= 15 is 0 Å². The van der Waals surface area contributed by atoms with Crippen LogP contribution in [0.2, 0.25) is 5.02 Å². The first-order valence-electron chi connectivity index (χ1n) is 5.87. The van der Waals surface area contributed by atoms with Gasteiger partial charge in [0.25, 0.3) is 0 Å². The summed E-state index contributed by atoms with van der Waals surface area (Å²) < 4.78 is 5.13. The highest BCUT2D eigenvalue weighted by molar-refractivity contribution is 6.32. The topological polar surface area (TPSA) is 38.3 Å². The molecule has 0 saturated heterocycles. The Morgan fingerprint density at radius 3 is 2.50 bits per heavy atom. The fraction of sp³-hybridized carbons (Fsp3) is 0.500. The smallest absolute Gasteiger partial charge is 0.224 e. The zero-order chi connectivity index (χ0) is 13.9. The first-order chi connectivity index (χ1) is 8.23. The number of hydrogen-bond donors (Lipinski definition) is 1. The lowest BCUT2D eigenvalue weighted by Crippen LogP contribution is -2.41. The van der Waals surface area contributed by atoms with Gasteiger partial charge in [-0.1, -0.05) is 11.6 Å². The summed E-state index contributed by atoms with van der Waals surface area (Å²) in [6.07, 6.45) is 0.326. The zero-order valence-electron chi connectivity index (χ0n) is 11.6.